The summed E-state index contributed by atoms with van der Waals surface area (Å²) in [5.74, 6) is 1.90. The molecule has 4 aliphatic carbocycles. The maximum Gasteiger partial charge on any atom is 0.161 e. The van der Waals surface area contributed by atoms with Crippen LogP contribution in [0.1, 0.15) is 72.1 Å². The highest BCUT2D eigenvalue weighted by atomic mass is 16.3. The number of rotatable bonds is 1. The molecule has 3 unspecified atom stereocenters. The van der Waals surface area contributed by atoms with E-state index in [9.17, 15) is 14.7 Å². The maximum absolute atomic E-state index is 12.2. The summed E-state index contributed by atoms with van der Waals surface area (Å²) in [4.78, 5) is 24.1. The van der Waals surface area contributed by atoms with Crippen LogP contribution in [0.3, 0.4) is 0 Å². The van der Waals surface area contributed by atoms with Crippen molar-refractivity contribution in [2.24, 2.45) is 28.6 Å². The fraction of sp³-hybridized carbons (Fsp3) is 0.810. The molecule has 3 fully saturated rings. The van der Waals surface area contributed by atoms with Crippen LogP contribution in [0.5, 0.6) is 0 Å². The van der Waals surface area contributed by atoms with Gasteiger partial charge in [0.05, 0.1) is 0 Å². The lowest BCUT2D eigenvalue weighted by Crippen LogP contribution is -2.57. The van der Waals surface area contributed by atoms with Crippen LogP contribution in [0.2, 0.25) is 0 Å². The Labute approximate surface area is 144 Å². The number of ketones is 2. The number of allylic oxidation sites excluding steroid dienone is 1. The van der Waals surface area contributed by atoms with Gasteiger partial charge in [-0.2, -0.15) is 0 Å². The second kappa shape index (κ2) is 5.03. The fourth-order valence-electron chi connectivity index (χ4n) is 7.15. The summed E-state index contributed by atoms with van der Waals surface area (Å²) in [7, 11) is 0. The number of hydrogen-bond donors (Lipinski definition) is 1. The van der Waals surface area contributed by atoms with Crippen LogP contribution in [0.4, 0.5) is 0 Å². The monoisotopic (exact) mass is 330 g/mol. The second-order valence-corrected chi connectivity index (χ2v) is 9.38. The average Bonchev–Trinajstić information content (AvgIpc) is 2.81. The molecule has 3 nitrogen and oxygen atoms in total. The summed E-state index contributed by atoms with van der Waals surface area (Å²) in [6, 6.07) is 0. The minimum Gasteiger partial charge on any atom is -0.382 e. The van der Waals surface area contributed by atoms with Gasteiger partial charge in [-0.15, -0.1) is 0 Å². The first kappa shape index (κ1) is 16.5. The van der Waals surface area contributed by atoms with Gasteiger partial charge in [-0.1, -0.05) is 19.4 Å². The van der Waals surface area contributed by atoms with Gasteiger partial charge in [0.25, 0.3) is 0 Å². The van der Waals surface area contributed by atoms with Crippen LogP contribution < -0.4 is 0 Å². The fourth-order valence-corrected chi connectivity index (χ4v) is 7.15. The summed E-state index contributed by atoms with van der Waals surface area (Å²) >= 11 is 0. The van der Waals surface area contributed by atoms with E-state index in [1.165, 1.54) is 5.57 Å². The van der Waals surface area contributed by atoms with Crippen molar-refractivity contribution < 1.29 is 14.7 Å². The number of fused-ring (bicyclic) bond motifs is 5. The number of aliphatic hydroxyl groups is 1. The van der Waals surface area contributed by atoms with E-state index < -0.39 is 5.60 Å². The molecule has 24 heavy (non-hydrogen) atoms. The van der Waals surface area contributed by atoms with Crippen molar-refractivity contribution in [1.29, 1.82) is 0 Å². The molecule has 0 aromatic carbocycles. The van der Waals surface area contributed by atoms with E-state index >= 15 is 0 Å². The molecule has 0 radical (unpaired) electrons. The molecule has 0 bridgehead atoms. The van der Waals surface area contributed by atoms with Gasteiger partial charge in [0.15, 0.2) is 11.6 Å². The molecule has 0 heterocycles. The minimum absolute atomic E-state index is 0.0446. The van der Waals surface area contributed by atoms with Crippen LogP contribution in [-0.2, 0) is 9.59 Å². The SMILES string of the molecule is CC(=O)[C@@]1(O)CCC2C3CCC4=CC(=O)CC[C@]4(C)C3CC[C@@]21C. The first-order chi connectivity index (χ1) is 11.2. The smallest absolute Gasteiger partial charge is 0.161 e. The van der Waals surface area contributed by atoms with Crippen molar-refractivity contribution in [3.63, 3.8) is 0 Å². The van der Waals surface area contributed by atoms with Gasteiger partial charge in [0.1, 0.15) is 5.60 Å². The number of carbonyl (C=O) groups excluding carboxylic acids is 2. The van der Waals surface area contributed by atoms with Crippen LogP contribution in [0.15, 0.2) is 11.6 Å². The minimum atomic E-state index is -1.12. The summed E-state index contributed by atoms with van der Waals surface area (Å²) in [5, 5.41) is 11.1. The molecule has 0 aliphatic heterocycles. The molecule has 1 N–H and O–H groups in total. The molecule has 3 saturated carbocycles. The summed E-state index contributed by atoms with van der Waals surface area (Å²) < 4.78 is 0. The zero-order valence-corrected chi connectivity index (χ0v) is 15.2. The highest BCUT2D eigenvalue weighted by molar-refractivity contribution is 5.91. The van der Waals surface area contributed by atoms with Gasteiger partial charge in [0, 0.05) is 11.8 Å². The van der Waals surface area contributed by atoms with Crippen molar-refractivity contribution >= 4 is 11.6 Å². The highest BCUT2D eigenvalue weighted by Crippen LogP contribution is 2.67. The summed E-state index contributed by atoms with van der Waals surface area (Å²) in [6.07, 6.45) is 9.37. The standard InChI is InChI=1S/C21H30O3/c1-13(22)21(24)11-8-18-16-5-4-14-12-15(23)6-9-19(14,2)17(16)7-10-20(18,21)3/h12,16-18,24H,4-11H2,1-3H3/t16?,17?,18?,19-,20-,21-/m0/s1. The van der Waals surface area contributed by atoms with Crippen LogP contribution >= 0.6 is 0 Å². The van der Waals surface area contributed by atoms with Crippen LogP contribution in [-0.4, -0.2) is 22.3 Å². The van der Waals surface area contributed by atoms with Gasteiger partial charge in [-0.3, -0.25) is 9.59 Å². The molecule has 132 valence electrons. The Morgan fingerprint density at radius 2 is 1.79 bits per heavy atom. The van der Waals surface area contributed by atoms with E-state index in [1.54, 1.807) is 6.92 Å². The third kappa shape index (κ3) is 1.88. The van der Waals surface area contributed by atoms with Crippen molar-refractivity contribution in [2.75, 3.05) is 0 Å². The summed E-state index contributed by atoms with van der Waals surface area (Å²) in [6.45, 7) is 6.10. The van der Waals surface area contributed by atoms with Crippen molar-refractivity contribution in [2.45, 2.75) is 77.7 Å². The normalized spacial score (nSPS) is 50.6. The molecule has 4 aliphatic rings. The number of carbonyl (C=O) groups is 2. The predicted octanol–water partition coefficient (Wildman–Crippen LogP) is 3.84. The van der Waals surface area contributed by atoms with Crippen LogP contribution in [0, 0.1) is 28.6 Å². The second-order valence-electron chi connectivity index (χ2n) is 9.38. The molecule has 0 aromatic rings. The largest absolute Gasteiger partial charge is 0.382 e. The van der Waals surface area contributed by atoms with E-state index in [-0.39, 0.29) is 16.6 Å². The molecule has 4 rings (SSSR count). The van der Waals surface area contributed by atoms with E-state index in [0.717, 1.165) is 38.5 Å². The lowest BCUT2D eigenvalue weighted by atomic mass is 9.46. The quantitative estimate of drug-likeness (QED) is 0.795. The lowest BCUT2D eigenvalue weighted by molar-refractivity contribution is -0.160. The van der Waals surface area contributed by atoms with Crippen molar-refractivity contribution in [3.8, 4) is 0 Å². The Morgan fingerprint density at radius 3 is 2.50 bits per heavy atom. The Hall–Kier alpha value is -0.960. The van der Waals surface area contributed by atoms with E-state index in [4.69, 9.17) is 0 Å². The first-order valence-corrected chi connectivity index (χ1v) is 9.70. The van der Waals surface area contributed by atoms with Gasteiger partial charge < -0.3 is 5.11 Å². The predicted molar refractivity (Wildman–Crippen MR) is 92.3 cm³/mol. The lowest BCUT2D eigenvalue weighted by Gasteiger charge is -2.58. The van der Waals surface area contributed by atoms with Crippen molar-refractivity contribution in [3.05, 3.63) is 11.6 Å². The molecule has 6 atom stereocenters. The van der Waals surface area contributed by atoms with Gasteiger partial charge in [0.2, 0.25) is 0 Å². The Balaban J connectivity index is 1.70. The Kier molecular flexibility index (Phi) is 3.46. The third-order valence-electron chi connectivity index (χ3n) is 8.70. The highest BCUT2D eigenvalue weighted by Gasteiger charge is 2.65. The average molecular weight is 330 g/mol. The van der Waals surface area contributed by atoms with Gasteiger partial charge >= 0.3 is 0 Å². The molecule has 0 saturated heterocycles. The summed E-state index contributed by atoms with van der Waals surface area (Å²) in [5.41, 5.74) is 0.155. The Bertz CT molecular complexity index is 635. The zero-order chi connectivity index (χ0) is 17.3. The van der Waals surface area contributed by atoms with E-state index in [0.29, 0.717) is 36.4 Å². The third-order valence-corrected chi connectivity index (χ3v) is 8.70. The van der Waals surface area contributed by atoms with Gasteiger partial charge in [-0.05, 0) is 81.1 Å². The zero-order valence-electron chi connectivity index (χ0n) is 15.2. The molecule has 0 aromatic heterocycles. The van der Waals surface area contributed by atoms with Gasteiger partial charge in [-0.25, -0.2) is 0 Å². The van der Waals surface area contributed by atoms with Crippen LogP contribution in [0.25, 0.3) is 0 Å². The molecule has 0 spiro atoms. The van der Waals surface area contributed by atoms with E-state index in [1.807, 2.05) is 6.08 Å². The number of hydrogen-bond acceptors (Lipinski definition) is 3. The molecule has 0 amide bonds. The molecule has 3 heteroatoms. The van der Waals surface area contributed by atoms with Crippen molar-refractivity contribution in [1.82, 2.24) is 0 Å². The maximum atomic E-state index is 12.2. The number of Topliss-reactive ketones (excluding diaryl/α,β-unsaturated/α-hetero) is 1. The molecular weight excluding hydrogens is 300 g/mol. The topological polar surface area (TPSA) is 54.4 Å². The Morgan fingerprint density at radius 1 is 1.08 bits per heavy atom. The first-order valence-electron chi connectivity index (χ1n) is 9.70. The van der Waals surface area contributed by atoms with E-state index in [2.05, 4.69) is 13.8 Å². The molecular formula is C21H30O3.